The average Bonchev–Trinajstić information content (AvgIpc) is 2.47. The van der Waals surface area contributed by atoms with Crippen LogP contribution in [0.25, 0.3) is 0 Å². The zero-order chi connectivity index (χ0) is 11.6. The topological polar surface area (TPSA) is 56.2 Å². The number of nitrogens with two attached hydrogens (primary N) is 1. The first-order valence-corrected chi connectivity index (χ1v) is 4.27. The fourth-order valence-corrected chi connectivity index (χ4v) is 1.20. The number of carbonyl (C=O) groups excluding carboxylic acids is 1. The van der Waals surface area contributed by atoms with Crippen LogP contribution in [-0.2, 0) is 6.18 Å². The summed E-state index contributed by atoms with van der Waals surface area (Å²) >= 11 is 0. The predicted octanol–water partition coefficient (Wildman–Crippen LogP) is 2.14. The minimum atomic E-state index is -4.64. The van der Waals surface area contributed by atoms with Gasteiger partial charge in [0.2, 0.25) is 5.76 Å². The molecule has 6 heteroatoms. The van der Waals surface area contributed by atoms with Gasteiger partial charge in [0, 0.05) is 6.42 Å². The van der Waals surface area contributed by atoms with Gasteiger partial charge in [0.1, 0.15) is 5.76 Å². The van der Waals surface area contributed by atoms with E-state index in [0.717, 1.165) is 6.07 Å². The fourth-order valence-electron chi connectivity index (χ4n) is 1.20. The molecule has 0 aromatic carbocycles. The molecule has 84 valence electrons. The Morgan fingerprint density at radius 1 is 1.53 bits per heavy atom. The smallest absolute Gasteiger partial charge is 0.450 e. The SMILES string of the molecule is Cc1cc(C(=O)CCN)c(C(F)(F)F)o1. The van der Waals surface area contributed by atoms with Crippen molar-refractivity contribution in [3.8, 4) is 0 Å². The quantitative estimate of drug-likeness (QED) is 0.795. The number of Topliss-reactive ketones (excluding diaryl/α,β-unsaturated/α-hetero) is 1. The van der Waals surface area contributed by atoms with Gasteiger partial charge in [-0.3, -0.25) is 4.79 Å². The van der Waals surface area contributed by atoms with Crippen molar-refractivity contribution < 1.29 is 22.4 Å². The van der Waals surface area contributed by atoms with Crippen LogP contribution in [0.1, 0.15) is 28.3 Å². The molecule has 0 bridgehead atoms. The number of carbonyl (C=O) groups is 1. The zero-order valence-corrected chi connectivity index (χ0v) is 8.02. The summed E-state index contributed by atoms with van der Waals surface area (Å²) in [5.74, 6) is -1.83. The molecule has 2 N–H and O–H groups in total. The number of hydrogen-bond acceptors (Lipinski definition) is 3. The predicted molar refractivity (Wildman–Crippen MR) is 46.4 cm³/mol. The minimum absolute atomic E-state index is 0.0142. The molecule has 0 saturated heterocycles. The van der Waals surface area contributed by atoms with Crippen LogP contribution in [0.3, 0.4) is 0 Å². The van der Waals surface area contributed by atoms with E-state index in [4.69, 9.17) is 5.73 Å². The molecule has 0 saturated carbocycles. The third-order valence-electron chi connectivity index (χ3n) is 1.78. The van der Waals surface area contributed by atoms with E-state index in [9.17, 15) is 18.0 Å². The van der Waals surface area contributed by atoms with E-state index < -0.39 is 23.3 Å². The molecule has 0 aliphatic carbocycles. The molecular weight excluding hydrogens is 211 g/mol. The van der Waals surface area contributed by atoms with E-state index in [1.54, 1.807) is 0 Å². The summed E-state index contributed by atoms with van der Waals surface area (Å²) in [6.45, 7) is 1.37. The zero-order valence-electron chi connectivity index (χ0n) is 8.02. The molecule has 0 aliphatic heterocycles. The molecule has 15 heavy (non-hydrogen) atoms. The number of rotatable bonds is 3. The third-order valence-corrected chi connectivity index (χ3v) is 1.78. The summed E-state index contributed by atoms with van der Waals surface area (Å²) in [5.41, 5.74) is 4.66. The molecule has 0 radical (unpaired) electrons. The highest BCUT2D eigenvalue weighted by Gasteiger charge is 2.39. The Kier molecular flexibility index (Phi) is 3.18. The van der Waals surface area contributed by atoms with E-state index >= 15 is 0 Å². The largest absolute Gasteiger partial charge is 0.456 e. The molecule has 0 amide bonds. The van der Waals surface area contributed by atoms with Crippen molar-refractivity contribution in [1.29, 1.82) is 0 Å². The minimum Gasteiger partial charge on any atom is -0.456 e. The fraction of sp³-hybridized carbons (Fsp3) is 0.444. The molecule has 1 rings (SSSR count). The molecule has 3 nitrogen and oxygen atoms in total. The monoisotopic (exact) mass is 221 g/mol. The van der Waals surface area contributed by atoms with E-state index in [-0.39, 0.29) is 18.7 Å². The van der Waals surface area contributed by atoms with E-state index in [1.165, 1.54) is 6.92 Å². The van der Waals surface area contributed by atoms with Gasteiger partial charge in [-0.2, -0.15) is 13.2 Å². The van der Waals surface area contributed by atoms with Crippen molar-refractivity contribution in [3.05, 3.63) is 23.2 Å². The van der Waals surface area contributed by atoms with Crippen LogP contribution >= 0.6 is 0 Å². The summed E-state index contributed by atoms with van der Waals surface area (Å²) in [6, 6.07) is 1.08. The normalized spacial score (nSPS) is 11.8. The molecular formula is C9H10F3NO2. The van der Waals surface area contributed by atoms with Gasteiger partial charge in [-0.15, -0.1) is 0 Å². The number of alkyl halides is 3. The Balaban J connectivity index is 3.12. The van der Waals surface area contributed by atoms with Gasteiger partial charge in [0.25, 0.3) is 0 Å². The van der Waals surface area contributed by atoms with Crippen molar-refractivity contribution in [2.24, 2.45) is 5.73 Å². The maximum absolute atomic E-state index is 12.4. The maximum Gasteiger partial charge on any atom is 0.450 e. The Labute approximate surface area is 84.0 Å². The molecule has 0 unspecified atom stereocenters. The molecule has 1 heterocycles. The second-order valence-corrected chi connectivity index (χ2v) is 3.06. The summed E-state index contributed by atoms with van der Waals surface area (Å²) in [5, 5.41) is 0. The first kappa shape index (κ1) is 11.8. The highest BCUT2D eigenvalue weighted by Crippen LogP contribution is 2.34. The molecule has 0 atom stereocenters. The van der Waals surface area contributed by atoms with Gasteiger partial charge in [0.05, 0.1) is 5.56 Å². The van der Waals surface area contributed by atoms with Gasteiger partial charge >= 0.3 is 6.18 Å². The number of furan rings is 1. The lowest BCUT2D eigenvalue weighted by Crippen LogP contribution is -2.13. The van der Waals surface area contributed by atoms with Gasteiger partial charge in [-0.25, -0.2) is 0 Å². The maximum atomic E-state index is 12.4. The first-order chi connectivity index (χ1) is 6.86. The third kappa shape index (κ3) is 2.59. The summed E-state index contributed by atoms with van der Waals surface area (Å²) in [4.78, 5) is 11.3. The number of hydrogen-bond donors (Lipinski definition) is 1. The van der Waals surface area contributed by atoms with Gasteiger partial charge in [-0.1, -0.05) is 0 Å². The van der Waals surface area contributed by atoms with Crippen LogP contribution in [0.5, 0.6) is 0 Å². The summed E-state index contributed by atoms with van der Waals surface area (Å²) < 4.78 is 41.6. The van der Waals surface area contributed by atoms with Crippen molar-refractivity contribution >= 4 is 5.78 Å². The number of halogens is 3. The second kappa shape index (κ2) is 4.06. The van der Waals surface area contributed by atoms with Crippen LogP contribution in [-0.4, -0.2) is 12.3 Å². The van der Waals surface area contributed by atoms with E-state index in [1.807, 2.05) is 0 Å². The van der Waals surface area contributed by atoms with Gasteiger partial charge in [0.15, 0.2) is 5.78 Å². The van der Waals surface area contributed by atoms with Crippen LogP contribution in [0.2, 0.25) is 0 Å². The molecule has 0 aliphatic rings. The molecule has 1 aromatic rings. The van der Waals surface area contributed by atoms with E-state index in [2.05, 4.69) is 4.42 Å². The summed E-state index contributed by atoms with van der Waals surface area (Å²) in [6.07, 6.45) is -4.77. The van der Waals surface area contributed by atoms with Crippen LogP contribution in [0.4, 0.5) is 13.2 Å². The average molecular weight is 221 g/mol. The standard InChI is InChI=1S/C9H10F3NO2/c1-5-4-6(7(14)2-3-13)8(15-5)9(10,11)12/h4H,2-3,13H2,1H3. The number of ketones is 1. The van der Waals surface area contributed by atoms with Crippen LogP contribution in [0, 0.1) is 6.92 Å². The van der Waals surface area contributed by atoms with Crippen LogP contribution < -0.4 is 5.73 Å². The Hall–Kier alpha value is -1.30. The Bertz CT molecular complexity index is 368. The van der Waals surface area contributed by atoms with Gasteiger partial charge < -0.3 is 10.2 Å². The second-order valence-electron chi connectivity index (χ2n) is 3.06. The lowest BCUT2D eigenvalue weighted by atomic mass is 10.1. The molecule has 1 aromatic heterocycles. The van der Waals surface area contributed by atoms with Gasteiger partial charge in [-0.05, 0) is 19.5 Å². The lowest BCUT2D eigenvalue weighted by molar-refractivity contribution is -0.153. The van der Waals surface area contributed by atoms with Crippen LogP contribution in [0.15, 0.2) is 10.5 Å². The number of aryl methyl sites for hydroxylation is 1. The van der Waals surface area contributed by atoms with Crippen molar-refractivity contribution in [2.75, 3.05) is 6.54 Å². The van der Waals surface area contributed by atoms with Crippen molar-refractivity contribution in [2.45, 2.75) is 19.5 Å². The van der Waals surface area contributed by atoms with E-state index in [0.29, 0.717) is 0 Å². The molecule has 0 spiro atoms. The highest BCUT2D eigenvalue weighted by molar-refractivity contribution is 5.97. The van der Waals surface area contributed by atoms with Crippen molar-refractivity contribution in [3.63, 3.8) is 0 Å². The Morgan fingerprint density at radius 2 is 2.13 bits per heavy atom. The highest BCUT2D eigenvalue weighted by atomic mass is 19.4. The first-order valence-electron chi connectivity index (χ1n) is 4.27. The molecule has 0 fully saturated rings. The Morgan fingerprint density at radius 3 is 2.60 bits per heavy atom. The summed E-state index contributed by atoms with van der Waals surface area (Å²) in [7, 11) is 0. The lowest BCUT2D eigenvalue weighted by Gasteiger charge is -2.04. The van der Waals surface area contributed by atoms with Crippen molar-refractivity contribution in [1.82, 2.24) is 0 Å².